The molecule has 0 spiro atoms. The maximum atomic E-state index is 12.9. The van der Waals surface area contributed by atoms with Gasteiger partial charge in [0.25, 0.3) is 5.91 Å². The second-order valence-corrected chi connectivity index (χ2v) is 7.21. The van der Waals surface area contributed by atoms with Gasteiger partial charge < -0.3 is 20.3 Å². The number of fused-ring (bicyclic) bond motifs is 1. The summed E-state index contributed by atoms with van der Waals surface area (Å²) in [5, 5.41) is 14.7. The van der Waals surface area contributed by atoms with Crippen LogP contribution in [0.5, 0.6) is 6.01 Å². The van der Waals surface area contributed by atoms with Crippen LogP contribution in [0, 0.1) is 0 Å². The fraction of sp³-hybridized carbons (Fsp3) is 0.350. The number of amides is 1. The number of anilines is 2. The van der Waals surface area contributed by atoms with E-state index in [4.69, 9.17) is 4.74 Å². The molecular weight excluding hydrogens is 370 g/mol. The lowest BCUT2D eigenvalue weighted by atomic mass is 10.0. The monoisotopic (exact) mass is 393 g/mol. The number of ether oxygens (including phenoxy) is 1. The highest BCUT2D eigenvalue weighted by Gasteiger charge is 2.24. The highest BCUT2D eigenvalue weighted by molar-refractivity contribution is 6.13. The van der Waals surface area contributed by atoms with Gasteiger partial charge in [-0.15, -0.1) is 0 Å². The maximum absolute atomic E-state index is 12.9. The maximum Gasteiger partial charge on any atom is 0.316 e. The summed E-state index contributed by atoms with van der Waals surface area (Å²) in [4.78, 5) is 24.0. The van der Waals surface area contributed by atoms with Crippen LogP contribution in [0.15, 0.2) is 36.8 Å². The Morgan fingerprint density at radius 3 is 2.66 bits per heavy atom. The molecule has 1 amide bonds. The largest absolute Gasteiger partial charge is 0.467 e. The van der Waals surface area contributed by atoms with Crippen LogP contribution in [-0.4, -0.2) is 58.4 Å². The minimum absolute atomic E-state index is 0.219. The zero-order valence-electron chi connectivity index (χ0n) is 16.6. The van der Waals surface area contributed by atoms with E-state index < -0.39 is 0 Å². The number of rotatable bonds is 4. The zero-order chi connectivity index (χ0) is 20.4. The van der Waals surface area contributed by atoms with Gasteiger partial charge in [0, 0.05) is 42.4 Å². The molecule has 0 bridgehead atoms. The molecule has 9 nitrogen and oxygen atoms in total. The number of hydrogen-bond acceptors (Lipinski definition) is 8. The van der Waals surface area contributed by atoms with E-state index in [1.807, 2.05) is 6.07 Å². The van der Waals surface area contributed by atoms with Crippen LogP contribution in [0.2, 0.25) is 0 Å². The van der Waals surface area contributed by atoms with Gasteiger partial charge in [-0.1, -0.05) is 0 Å². The summed E-state index contributed by atoms with van der Waals surface area (Å²) in [5.74, 6) is -0.280. The van der Waals surface area contributed by atoms with E-state index in [0.29, 0.717) is 28.9 Å². The van der Waals surface area contributed by atoms with Crippen LogP contribution < -0.4 is 20.3 Å². The Morgan fingerprint density at radius 2 is 1.97 bits per heavy atom. The molecule has 1 aromatic carbocycles. The molecule has 0 aliphatic carbocycles. The van der Waals surface area contributed by atoms with Crippen molar-refractivity contribution in [1.29, 1.82) is 0 Å². The molecule has 150 valence electrons. The summed E-state index contributed by atoms with van der Waals surface area (Å²) in [6.45, 7) is 6.04. The molecule has 3 heterocycles. The van der Waals surface area contributed by atoms with Crippen molar-refractivity contribution >= 4 is 28.2 Å². The molecule has 9 heteroatoms. The fourth-order valence-electron chi connectivity index (χ4n) is 3.73. The zero-order valence-corrected chi connectivity index (χ0v) is 16.6. The number of methoxy groups -OCH3 is 1. The summed E-state index contributed by atoms with van der Waals surface area (Å²) in [6.07, 6.45) is 4.74. The standard InChI is InChI=1S/C20H23N7O2/c1-12-10-27(11-13(2)24-12)17-5-4-15(18-16(17)9-21-20(26-18)29-3)19(28)25-14-6-7-22-23-8-14/h4-9,12-13,24H,10-11H2,1-3H3,(H,22,25,28)/t12-,13-/m1/s1. The van der Waals surface area contributed by atoms with Crippen molar-refractivity contribution in [3.05, 3.63) is 42.4 Å². The summed E-state index contributed by atoms with van der Waals surface area (Å²) < 4.78 is 5.20. The molecular formula is C20H23N7O2. The molecule has 1 fully saturated rings. The number of nitrogens with one attached hydrogen (secondary N) is 2. The second kappa shape index (κ2) is 7.96. The Hall–Kier alpha value is -3.33. The highest BCUT2D eigenvalue weighted by atomic mass is 16.5. The molecule has 0 unspecified atom stereocenters. The summed E-state index contributed by atoms with van der Waals surface area (Å²) in [5.41, 5.74) is 2.56. The molecule has 1 saturated heterocycles. The minimum atomic E-state index is -0.280. The van der Waals surface area contributed by atoms with Gasteiger partial charge in [-0.2, -0.15) is 15.2 Å². The molecule has 2 aromatic heterocycles. The van der Waals surface area contributed by atoms with Gasteiger partial charge in [-0.3, -0.25) is 4.79 Å². The lowest BCUT2D eigenvalue weighted by Crippen LogP contribution is -2.54. The molecule has 2 N–H and O–H groups in total. The highest BCUT2D eigenvalue weighted by Crippen LogP contribution is 2.30. The molecule has 2 atom stereocenters. The summed E-state index contributed by atoms with van der Waals surface area (Å²) in [7, 11) is 1.51. The fourth-order valence-corrected chi connectivity index (χ4v) is 3.73. The lowest BCUT2D eigenvalue weighted by molar-refractivity contribution is 0.102. The third-order valence-electron chi connectivity index (χ3n) is 4.87. The molecule has 1 aliphatic heterocycles. The van der Waals surface area contributed by atoms with E-state index in [-0.39, 0.29) is 11.9 Å². The topological polar surface area (TPSA) is 105 Å². The molecule has 4 rings (SSSR count). The van der Waals surface area contributed by atoms with E-state index in [0.717, 1.165) is 24.2 Å². The molecule has 0 radical (unpaired) electrons. The first-order chi connectivity index (χ1) is 14.0. The van der Waals surface area contributed by atoms with Crippen molar-refractivity contribution in [2.24, 2.45) is 0 Å². The Kier molecular flexibility index (Phi) is 5.22. The van der Waals surface area contributed by atoms with Crippen LogP contribution in [-0.2, 0) is 0 Å². The number of aromatic nitrogens is 4. The van der Waals surface area contributed by atoms with Crippen LogP contribution in [0.1, 0.15) is 24.2 Å². The Labute approximate surface area is 168 Å². The van der Waals surface area contributed by atoms with Gasteiger partial charge in [0.1, 0.15) is 0 Å². The van der Waals surface area contributed by atoms with Gasteiger partial charge in [0.05, 0.1) is 36.3 Å². The predicted octanol–water partition coefficient (Wildman–Crippen LogP) is 1.87. The van der Waals surface area contributed by atoms with Crippen molar-refractivity contribution in [2.75, 3.05) is 30.4 Å². The van der Waals surface area contributed by atoms with Crippen molar-refractivity contribution in [2.45, 2.75) is 25.9 Å². The van der Waals surface area contributed by atoms with Crippen molar-refractivity contribution in [3.8, 4) is 6.01 Å². The SMILES string of the molecule is COc1ncc2c(N3C[C@@H](C)N[C@H](C)C3)ccc(C(=O)Nc3ccnnc3)c2n1. The van der Waals surface area contributed by atoms with Gasteiger partial charge >= 0.3 is 6.01 Å². The van der Waals surface area contributed by atoms with E-state index in [2.05, 4.69) is 49.5 Å². The third-order valence-corrected chi connectivity index (χ3v) is 4.87. The minimum Gasteiger partial charge on any atom is -0.467 e. The molecule has 3 aromatic rings. The average Bonchev–Trinajstić information content (AvgIpc) is 2.72. The number of carbonyl (C=O) groups is 1. The number of carbonyl (C=O) groups excluding carboxylic acids is 1. The smallest absolute Gasteiger partial charge is 0.316 e. The van der Waals surface area contributed by atoms with Gasteiger partial charge in [0.15, 0.2) is 0 Å². The molecule has 0 saturated carbocycles. The quantitative estimate of drug-likeness (QED) is 0.692. The van der Waals surface area contributed by atoms with E-state index in [1.54, 1.807) is 18.3 Å². The lowest BCUT2D eigenvalue weighted by Gasteiger charge is -2.38. The van der Waals surface area contributed by atoms with Crippen molar-refractivity contribution in [1.82, 2.24) is 25.5 Å². The van der Waals surface area contributed by atoms with Gasteiger partial charge in [0.2, 0.25) is 0 Å². The normalized spacial score (nSPS) is 19.2. The van der Waals surface area contributed by atoms with Crippen molar-refractivity contribution < 1.29 is 9.53 Å². The Bertz CT molecular complexity index is 1020. The Balaban J connectivity index is 1.77. The summed E-state index contributed by atoms with van der Waals surface area (Å²) >= 11 is 0. The molecule has 29 heavy (non-hydrogen) atoms. The van der Waals surface area contributed by atoms with E-state index >= 15 is 0 Å². The first-order valence-corrected chi connectivity index (χ1v) is 9.48. The van der Waals surface area contributed by atoms with E-state index in [9.17, 15) is 4.79 Å². The predicted molar refractivity (Wildman–Crippen MR) is 110 cm³/mol. The Morgan fingerprint density at radius 1 is 1.17 bits per heavy atom. The van der Waals surface area contributed by atoms with E-state index in [1.165, 1.54) is 19.5 Å². The van der Waals surface area contributed by atoms with Crippen LogP contribution >= 0.6 is 0 Å². The van der Waals surface area contributed by atoms with Gasteiger partial charge in [-0.05, 0) is 32.0 Å². The summed E-state index contributed by atoms with van der Waals surface area (Å²) in [6, 6.07) is 6.37. The average molecular weight is 393 g/mol. The number of piperazine rings is 1. The van der Waals surface area contributed by atoms with Crippen LogP contribution in [0.25, 0.3) is 10.9 Å². The second-order valence-electron chi connectivity index (χ2n) is 7.21. The third kappa shape index (κ3) is 3.95. The number of nitrogens with zero attached hydrogens (tertiary/aromatic N) is 5. The first-order valence-electron chi connectivity index (χ1n) is 9.48. The molecule has 1 aliphatic rings. The van der Waals surface area contributed by atoms with Gasteiger partial charge in [-0.25, -0.2) is 4.98 Å². The number of benzene rings is 1. The van der Waals surface area contributed by atoms with Crippen molar-refractivity contribution in [3.63, 3.8) is 0 Å². The van der Waals surface area contributed by atoms with Crippen LogP contribution in [0.3, 0.4) is 0 Å². The van der Waals surface area contributed by atoms with Crippen LogP contribution in [0.4, 0.5) is 11.4 Å². The first kappa shape index (κ1) is 19.0. The number of hydrogen-bond donors (Lipinski definition) is 2.